The lowest BCUT2D eigenvalue weighted by Gasteiger charge is -2.30. The van der Waals surface area contributed by atoms with Gasteiger partial charge in [0.1, 0.15) is 0 Å². The Morgan fingerprint density at radius 3 is 1.94 bits per heavy atom. The van der Waals surface area contributed by atoms with Crippen molar-refractivity contribution in [2.24, 2.45) is 0 Å². The number of benzene rings is 5. The van der Waals surface area contributed by atoms with E-state index >= 15 is 0 Å². The fraction of sp³-hybridized carbons (Fsp3) is 0.0909. The number of H-pyrrole nitrogens is 1. The van der Waals surface area contributed by atoms with Crippen molar-refractivity contribution in [2.45, 2.75) is 19.4 Å². The molecule has 0 radical (unpaired) electrons. The average molecular weight is 451 g/mol. The van der Waals surface area contributed by atoms with Crippen molar-refractivity contribution >= 4 is 43.6 Å². The molecule has 0 amide bonds. The molecule has 5 aromatic carbocycles. The van der Waals surface area contributed by atoms with Gasteiger partial charge in [0.2, 0.25) is 0 Å². The number of hydrogen-bond donors (Lipinski definition) is 1. The van der Waals surface area contributed by atoms with Gasteiger partial charge in [0.15, 0.2) is 0 Å². The maximum Gasteiger partial charge on any atom is 0.0646 e. The highest BCUT2D eigenvalue weighted by Crippen LogP contribution is 2.39. The van der Waals surface area contributed by atoms with E-state index in [1.54, 1.807) is 0 Å². The molecule has 0 atom stereocenters. The number of para-hydroxylation sites is 2. The van der Waals surface area contributed by atoms with Crippen LogP contribution in [0.4, 0.5) is 0 Å². The van der Waals surface area contributed by atoms with Crippen LogP contribution in [0, 0.1) is 0 Å². The number of nitrogens with one attached hydrogen (secondary N) is 1. The quantitative estimate of drug-likeness (QED) is 0.277. The molecule has 0 aliphatic rings. The van der Waals surface area contributed by atoms with Crippen LogP contribution in [0.15, 0.2) is 115 Å². The second kappa shape index (κ2) is 7.35. The zero-order valence-corrected chi connectivity index (χ0v) is 19.9. The Kier molecular flexibility index (Phi) is 4.22. The molecule has 7 aromatic rings. The molecule has 0 saturated heterocycles. The minimum atomic E-state index is -0.187. The Balaban J connectivity index is 1.46. The standard InChI is InChI=1S/C33H26N2/c1-33(2,24-10-4-3-5-11-24)35-31-15-9-7-13-26(31)28-21-23(17-19-32(28)35)22-16-18-30-27(20-22)25-12-6-8-14-29(25)34-30/h3-21,34H,1-2H3. The van der Waals surface area contributed by atoms with Gasteiger partial charge in [-0.1, -0.05) is 78.9 Å². The molecule has 7 rings (SSSR count). The van der Waals surface area contributed by atoms with E-state index in [0.29, 0.717) is 0 Å². The predicted octanol–water partition coefficient (Wildman–Crippen LogP) is 8.88. The molecule has 0 bridgehead atoms. The van der Waals surface area contributed by atoms with Gasteiger partial charge in [0.25, 0.3) is 0 Å². The number of rotatable bonds is 3. The van der Waals surface area contributed by atoms with Crippen LogP contribution in [-0.2, 0) is 5.54 Å². The molecular weight excluding hydrogens is 424 g/mol. The normalized spacial score (nSPS) is 12.3. The monoisotopic (exact) mass is 450 g/mol. The third-order valence-corrected chi connectivity index (χ3v) is 7.55. The summed E-state index contributed by atoms with van der Waals surface area (Å²) < 4.78 is 2.50. The third kappa shape index (κ3) is 2.96. The largest absolute Gasteiger partial charge is 0.355 e. The summed E-state index contributed by atoms with van der Waals surface area (Å²) in [6.07, 6.45) is 0. The van der Waals surface area contributed by atoms with Crippen LogP contribution in [0.3, 0.4) is 0 Å². The Labute approximate surface area is 204 Å². The highest BCUT2D eigenvalue weighted by atomic mass is 15.1. The van der Waals surface area contributed by atoms with Gasteiger partial charge in [0.05, 0.1) is 5.54 Å². The molecular formula is C33H26N2. The van der Waals surface area contributed by atoms with E-state index < -0.39 is 0 Å². The van der Waals surface area contributed by atoms with Gasteiger partial charge < -0.3 is 9.55 Å². The second-order valence-electron chi connectivity index (χ2n) is 9.94. The highest BCUT2D eigenvalue weighted by molar-refractivity contribution is 6.11. The first kappa shape index (κ1) is 20.1. The van der Waals surface area contributed by atoms with Crippen molar-refractivity contribution in [1.29, 1.82) is 0 Å². The first-order chi connectivity index (χ1) is 17.1. The predicted molar refractivity (Wildman–Crippen MR) is 149 cm³/mol. The summed E-state index contributed by atoms with van der Waals surface area (Å²) in [7, 11) is 0. The zero-order chi connectivity index (χ0) is 23.6. The van der Waals surface area contributed by atoms with E-state index in [1.165, 1.54) is 60.3 Å². The summed E-state index contributed by atoms with van der Waals surface area (Å²) in [6, 6.07) is 41.8. The molecule has 168 valence electrons. The Hall–Kier alpha value is -4.30. The SMILES string of the molecule is CC(C)(c1ccccc1)n1c2ccccc2c2cc(-c3ccc4[nH]c5ccccc5c4c3)ccc21. The number of fused-ring (bicyclic) bond motifs is 6. The summed E-state index contributed by atoms with van der Waals surface area (Å²) in [5, 5.41) is 5.13. The second-order valence-corrected chi connectivity index (χ2v) is 9.94. The van der Waals surface area contributed by atoms with Gasteiger partial charge in [-0.05, 0) is 66.9 Å². The van der Waals surface area contributed by atoms with Crippen molar-refractivity contribution < 1.29 is 0 Å². The van der Waals surface area contributed by atoms with E-state index in [2.05, 4.69) is 139 Å². The lowest BCUT2D eigenvalue weighted by molar-refractivity contribution is 0.465. The van der Waals surface area contributed by atoms with Crippen molar-refractivity contribution in [3.8, 4) is 11.1 Å². The van der Waals surface area contributed by atoms with Gasteiger partial charge in [-0.2, -0.15) is 0 Å². The van der Waals surface area contributed by atoms with Gasteiger partial charge in [-0.3, -0.25) is 0 Å². The molecule has 2 heterocycles. The average Bonchev–Trinajstić information content (AvgIpc) is 3.44. The summed E-state index contributed by atoms with van der Waals surface area (Å²) in [5.41, 5.74) is 8.48. The van der Waals surface area contributed by atoms with Gasteiger partial charge >= 0.3 is 0 Å². The number of aromatic nitrogens is 2. The van der Waals surface area contributed by atoms with Gasteiger partial charge in [-0.25, -0.2) is 0 Å². The molecule has 0 spiro atoms. The van der Waals surface area contributed by atoms with E-state index in [4.69, 9.17) is 0 Å². The van der Waals surface area contributed by atoms with E-state index in [1.807, 2.05) is 0 Å². The fourth-order valence-corrected chi connectivity index (χ4v) is 5.76. The molecule has 0 fully saturated rings. The van der Waals surface area contributed by atoms with Crippen molar-refractivity contribution in [3.05, 3.63) is 121 Å². The Bertz CT molecular complexity index is 1870. The Morgan fingerprint density at radius 1 is 0.514 bits per heavy atom. The van der Waals surface area contributed by atoms with Gasteiger partial charge in [0, 0.05) is 43.6 Å². The molecule has 2 heteroatoms. The summed E-state index contributed by atoms with van der Waals surface area (Å²) in [5.74, 6) is 0. The maximum atomic E-state index is 3.54. The van der Waals surface area contributed by atoms with Crippen LogP contribution in [0.2, 0.25) is 0 Å². The zero-order valence-electron chi connectivity index (χ0n) is 19.9. The summed E-state index contributed by atoms with van der Waals surface area (Å²) in [6.45, 7) is 4.63. The molecule has 0 aliphatic carbocycles. The van der Waals surface area contributed by atoms with Crippen molar-refractivity contribution in [2.75, 3.05) is 0 Å². The molecule has 2 aromatic heterocycles. The molecule has 1 N–H and O–H groups in total. The van der Waals surface area contributed by atoms with Crippen LogP contribution in [0.5, 0.6) is 0 Å². The summed E-state index contributed by atoms with van der Waals surface area (Å²) >= 11 is 0. The van der Waals surface area contributed by atoms with E-state index in [-0.39, 0.29) is 5.54 Å². The van der Waals surface area contributed by atoms with Gasteiger partial charge in [-0.15, -0.1) is 0 Å². The molecule has 35 heavy (non-hydrogen) atoms. The number of aromatic amines is 1. The van der Waals surface area contributed by atoms with E-state index in [9.17, 15) is 0 Å². The van der Waals surface area contributed by atoms with Crippen LogP contribution in [0.1, 0.15) is 19.4 Å². The van der Waals surface area contributed by atoms with Crippen LogP contribution in [0.25, 0.3) is 54.7 Å². The summed E-state index contributed by atoms with van der Waals surface area (Å²) in [4.78, 5) is 3.54. The van der Waals surface area contributed by atoms with Crippen LogP contribution < -0.4 is 0 Å². The first-order valence-electron chi connectivity index (χ1n) is 12.2. The van der Waals surface area contributed by atoms with E-state index in [0.717, 1.165) is 0 Å². The smallest absolute Gasteiger partial charge is 0.0646 e. The molecule has 0 saturated carbocycles. The highest BCUT2D eigenvalue weighted by Gasteiger charge is 2.27. The Morgan fingerprint density at radius 2 is 1.11 bits per heavy atom. The fourth-order valence-electron chi connectivity index (χ4n) is 5.76. The van der Waals surface area contributed by atoms with Crippen molar-refractivity contribution in [3.63, 3.8) is 0 Å². The molecule has 0 aliphatic heterocycles. The number of nitrogens with zero attached hydrogens (tertiary/aromatic N) is 1. The first-order valence-corrected chi connectivity index (χ1v) is 12.2. The van der Waals surface area contributed by atoms with Crippen LogP contribution >= 0.6 is 0 Å². The number of hydrogen-bond acceptors (Lipinski definition) is 0. The topological polar surface area (TPSA) is 20.7 Å². The van der Waals surface area contributed by atoms with Crippen molar-refractivity contribution in [1.82, 2.24) is 9.55 Å². The maximum absolute atomic E-state index is 3.54. The molecule has 0 unspecified atom stereocenters. The lowest BCUT2D eigenvalue weighted by Crippen LogP contribution is -2.27. The third-order valence-electron chi connectivity index (χ3n) is 7.55. The lowest BCUT2D eigenvalue weighted by atomic mass is 9.93. The minimum Gasteiger partial charge on any atom is -0.355 e. The minimum absolute atomic E-state index is 0.187. The molecule has 2 nitrogen and oxygen atoms in total. The van der Waals surface area contributed by atoms with Crippen LogP contribution in [-0.4, -0.2) is 9.55 Å².